The molecule has 6 heteroatoms. The minimum Gasteiger partial charge on any atom is -0.497 e. The highest BCUT2D eigenvalue weighted by Gasteiger charge is 2.61. The molecule has 0 aromatic heterocycles. The number of methoxy groups -OCH3 is 1. The van der Waals surface area contributed by atoms with Gasteiger partial charge < -0.3 is 15.6 Å². The quantitative estimate of drug-likeness (QED) is 0.841. The van der Waals surface area contributed by atoms with E-state index in [1.165, 1.54) is 12.0 Å². The predicted octanol–water partition coefficient (Wildman–Crippen LogP) is 2.42. The number of hydrogen-bond acceptors (Lipinski definition) is 5. The van der Waals surface area contributed by atoms with Crippen LogP contribution in [0, 0.1) is 0 Å². The Morgan fingerprint density at radius 3 is 2.28 bits per heavy atom. The van der Waals surface area contributed by atoms with Gasteiger partial charge in [-0.15, -0.1) is 0 Å². The number of carbonyl (C=O) groups is 1. The first-order valence-corrected chi connectivity index (χ1v) is 9.35. The molecule has 0 saturated heterocycles. The molecule has 0 radical (unpaired) electrons. The predicted molar refractivity (Wildman–Crippen MR) is 112 cm³/mol. The van der Waals surface area contributed by atoms with Gasteiger partial charge in [-0.3, -0.25) is 9.69 Å². The maximum Gasteiger partial charge on any atom is 0.265 e. The molecule has 1 aliphatic carbocycles. The first-order valence-electron chi connectivity index (χ1n) is 9.35. The molecule has 2 aromatic carbocycles. The molecule has 0 fully saturated rings. The molecule has 1 amide bonds. The van der Waals surface area contributed by atoms with Crippen molar-refractivity contribution < 1.29 is 14.6 Å². The molecule has 1 aliphatic heterocycles. The zero-order chi connectivity index (χ0) is 20.6. The van der Waals surface area contributed by atoms with Gasteiger partial charge in [0.2, 0.25) is 5.54 Å². The highest BCUT2D eigenvalue weighted by atomic mass is 16.5. The Hall–Kier alpha value is -3.38. The van der Waals surface area contributed by atoms with Gasteiger partial charge in [-0.2, -0.15) is 0 Å². The van der Waals surface area contributed by atoms with Crippen LogP contribution in [0.15, 0.2) is 83.6 Å². The highest BCUT2D eigenvalue weighted by Crippen LogP contribution is 2.49. The van der Waals surface area contributed by atoms with Crippen molar-refractivity contribution in [3.05, 3.63) is 89.7 Å². The van der Waals surface area contributed by atoms with Crippen LogP contribution in [0.25, 0.3) is 5.57 Å². The van der Waals surface area contributed by atoms with Crippen LogP contribution in [0.4, 0.5) is 0 Å². The molecule has 2 atom stereocenters. The minimum atomic E-state index is -1.67. The van der Waals surface area contributed by atoms with Crippen LogP contribution in [-0.2, 0) is 15.1 Å². The summed E-state index contributed by atoms with van der Waals surface area (Å²) in [7, 11) is 3.10. The number of amides is 1. The molecule has 2 aliphatic rings. The first-order chi connectivity index (χ1) is 13.9. The number of guanidine groups is 1. The van der Waals surface area contributed by atoms with E-state index in [1.54, 1.807) is 25.3 Å². The number of allylic oxidation sites excluding steroid dienone is 1. The first kappa shape index (κ1) is 19.0. The largest absolute Gasteiger partial charge is 0.497 e. The topological polar surface area (TPSA) is 88.2 Å². The number of aliphatic hydroxyl groups is 1. The fraction of sp³-hybridized carbons (Fsp3) is 0.217. The van der Waals surface area contributed by atoms with Gasteiger partial charge in [0.05, 0.1) is 7.11 Å². The smallest absolute Gasteiger partial charge is 0.265 e. The van der Waals surface area contributed by atoms with Crippen LogP contribution in [0.3, 0.4) is 0 Å². The van der Waals surface area contributed by atoms with Crippen molar-refractivity contribution >= 4 is 17.4 Å². The van der Waals surface area contributed by atoms with Crippen LogP contribution in [0.5, 0.6) is 0 Å². The van der Waals surface area contributed by atoms with Gasteiger partial charge in [-0.25, -0.2) is 4.99 Å². The minimum absolute atomic E-state index is 0.0652. The second kappa shape index (κ2) is 6.90. The number of likely N-dealkylation sites (N-methyl/N-ethyl adjacent to an activating group) is 1. The number of nitrogens with two attached hydrogens (primary N) is 1. The lowest BCUT2D eigenvalue weighted by atomic mass is 9.68. The second-order valence-corrected chi connectivity index (χ2v) is 7.30. The fourth-order valence-electron chi connectivity index (χ4n) is 4.07. The standard InChI is InChI=1S/C23H23N3O3/c1-26-20(27)23(25-21(26)24,18-11-7-4-8-12-18)22(28)14-17(13-19(15-22)29-2)16-9-5-3-6-10-16/h3-13,15,28H,14H2,1-2H3,(H2,24,25). The third-order valence-corrected chi connectivity index (χ3v) is 5.60. The average molecular weight is 389 g/mol. The Morgan fingerprint density at radius 1 is 1.10 bits per heavy atom. The summed E-state index contributed by atoms with van der Waals surface area (Å²) >= 11 is 0. The second-order valence-electron chi connectivity index (χ2n) is 7.30. The van der Waals surface area contributed by atoms with Crippen LogP contribution in [-0.4, -0.2) is 41.6 Å². The molecule has 148 valence electrons. The average Bonchev–Trinajstić information content (AvgIpc) is 3.00. The number of aliphatic imine (C=N–C) groups is 1. The summed E-state index contributed by atoms with van der Waals surface area (Å²) in [4.78, 5) is 19.3. The fourth-order valence-corrected chi connectivity index (χ4v) is 4.07. The molecule has 2 unspecified atom stereocenters. The number of nitrogens with zero attached hydrogens (tertiary/aromatic N) is 2. The Balaban J connectivity index is 1.93. The Labute approximate surface area is 169 Å². The lowest BCUT2D eigenvalue weighted by molar-refractivity contribution is -0.138. The van der Waals surface area contributed by atoms with E-state index in [2.05, 4.69) is 4.99 Å². The summed E-state index contributed by atoms with van der Waals surface area (Å²) in [6.07, 6.45) is 3.62. The molecule has 6 nitrogen and oxygen atoms in total. The molecule has 2 aromatic rings. The SMILES string of the molecule is COC1=CC(O)(C2(c3ccccc3)N=C(N)N(C)C2=O)CC(c2ccccc2)=C1. The molecule has 0 spiro atoms. The number of hydrogen-bond donors (Lipinski definition) is 2. The van der Waals surface area contributed by atoms with E-state index in [-0.39, 0.29) is 18.3 Å². The third-order valence-electron chi connectivity index (χ3n) is 5.60. The van der Waals surface area contributed by atoms with Crippen molar-refractivity contribution in [2.75, 3.05) is 14.2 Å². The van der Waals surface area contributed by atoms with Crippen LogP contribution in [0.1, 0.15) is 17.5 Å². The maximum atomic E-state index is 13.5. The molecule has 1 heterocycles. The number of benzene rings is 2. The monoisotopic (exact) mass is 389 g/mol. The van der Waals surface area contributed by atoms with Gasteiger partial charge >= 0.3 is 0 Å². The van der Waals surface area contributed by atoms with Gasteiger partial charge in [0.15, 0.2) is 5.96 Å². The van der Waals surface area contributed by atoms with E-state index in [0.717, 1.165) is 11.1 Å². The van der Waals surface area contributed by atoms with Gasteiger partial charge in [-0.1, -0.05) is 60.7 Å². The number of rotatable bonds is 4. The summed E-state index contributed by atoms with van der Waals surface area (Å²) in [5.74, 6) is 0.143. The van der Waals surface area contributed by atoms with E-state index in [4.69, 9.17) is 10.5 Å². The Kier molecular flexibility index (Phi) is 4.51. The summed E-state index contributed by atoms with van der Waals surface area (Å²) in [5, 5.41) is 12.0. The highest BCUT2D eigenvalue weighted by molar-refractivity contribution is 6.08. The lowest BCUT2D eigenvalue weighted by Crippen LogP contribution is -2.56. The maximum absolute atomic E-state index is 13.5. The van der Waals surface area contributed by atoms with Crippen LogP contribution >= 0.6 is 0 Å². The molecule has 29 heavy (non-hydrogen) atoms. The normalized spacial score (nSPS) is 26.7. The zero-order valence-corrected chi connectivity index (χ0v) is 16.4. The third kappa shape index (κ3) is 2.84. The van der Waals surface area contributed by atoms with Gasteiger partial charge in [0.1, 0.15) is 11.4 Å². The summed E-state index contributed by atoms with van der Waals surface area (Å²) in [6.45, 7) is 0. The van der Waals surface area contributed by atoms with Crippen LogP contribution < -0.4 is 5.73 Å². The van der Waals surface area contributed by atoms with E-state index in [0.29, 0.717) is 11.3 Å². The molecule has 3 N–H and O–H groups in total. The van der Waals surface area contributed by atoms with Crippen molar-refractivity contribution in [3.63, 3.8) is 0 Å². The Bertz CT molecular complexity index is 1030. The molecule has 0 bridgehead atoms. The lowest BCUT2D eigenvalue weighted by Gasteiger charge is -2.42. The molecular weight excluding hydrogens is 366 g/mol. The summed E-state index contributed by atoms with van der Waals surface area (Å²) in [5.41, 5.74) is 5.11. The van der Waals surface area contributed by atoms with Crippen molar-refractivity contribution in [2.45, 2.75) is 17.6 Å². The Morgan fingerprint density at radius 2 is 1.72 bits per heavy atom. The summed E-state index contributed by atoms with van der Waals surface area (Å²) < 4.78 is 5.49. The number of carbonyl (C=O) groups excluding carboxylic acids is 1. The van der Waals surface area contributed by atoms with E-state index in [9.17, 15) is 9.90 Å². The number of ether oxygens (including phenoxy) is 1. The van der Waals surface area contributed by atoms with Gasteiger partial charge in [0.25, 0.3) is 5.91 Å². The van der Waals surface area contributed by atoms with Gasteiger partial charge in [0, 0.05) is 13.5 Å². The van der Waals surface area contributed by atoms with E-state index < -0.39 is 11.1 Å². The van der Waals surface area contributed by atoms with Crippen molar-refractivity contribution in [1.82, 2.24) is 4.90 Å². The van der Waals surface area contributed by atoms with E-state index in [1.807, 2.05) is 54.6 Å². The zero-order valence-electron chi connectivity index (χ0n) is 16.4. The molecular formula is C23H23N3O3. The van der Waals surface area contributed by atoms with Crippen molar-refractivity contribution in [2.24, 2.45) is 10.7 Å². The van der Waals surface area contributed by atoms with Crippen LogP contribution in [0.2, 0.25) is 0 Å². The van der Waals surface area contributed by atoms with Gasteiger partial charge in [-0.05, 0) is 28.9 Å². The molecule has 4 rings (SSSR count). The summed E-state index contributed by atoms with van der Waals surface area (Å²) in [6, 6.07) is 18.8. The van der Waals surface area contributed by atoms with Crippen molar-refractivity contribution in [3.8, 4) is 0 Å². The molecule has 0 saturated carbocycles. The van der Waals surface area contributed by atoms with E-state index >= 15 is 0 Å². The van der Waals surface area contributed by atoms with Crippen molar-refractivity contribution in [1.29, 1.82) is 0 Å².